The van der Waals surface area contributed by atoms with Gasteiger partial charge in [-0.2, -0.15) is 0 Å². The number of hydrogen-bond acceptors (Lipinski definition) is 3. The summed E-state index contributed by atoms with van der Waals surface area (Å²) in [5.41, 5.74) is 4.15. The van der Waals surface area contributed by atoms with Gasteiger partial charge in [-0.05, 0) is 48.1 Å². The van der Waals surface area contributed by atoms with Gasteiger partial charge >= 0.3 is 0 Å². The summed E-state index contributed by atoms with van der Waals surface area (Å²) < 4.78 is 10.7. The molecule has 0 bridgehead atoms. The molecule has 0 heterocycles. The van der Waals surface area contributed by atoms with Gasteiger partial charge in [0.05, 0.1) is 14.2 Å². The van der Waals surface area contributed by atoms with Gasteiger partial charge in [0.25, 0.3) is 0 Å². The predicted octanol–water partition coefficient (Wildman–Crippen LogP) is 3.87. The van der Waals surface area contributed by atoms with E-state index >= 15 is 0 Å². The van der Waals surface area contributed by atoms with Crippen LogP contribution in [0, 0.1) is 0 Å². The summed E-state index contributed by atoms with van der Waals surface area (Å²) in [6.45, 7) is 0.833. The number of nitrogens with one attached hydrogen (secondary N) is 1. The zero-order chi connectivity index (χ0) is 15.4. The number of benzene rings is 2. The molecule has 0 saturated carbocycles. The Morgan fingerprint density at radius 2 is 1.86 bits per heavy atom. The van der Waals surface area contributed by atoms with Crippen molar-refractivity contribution in [3.05, 3.63) is 59.2 Å². The van der Waals surface area contributed by atoms with Gasteiger partial charge in [-0.25, -0.2) is 0 Å². The van der Waals surface area contributed by atoms with Gasteiger partial charge in [0.2, 0.25) is 0 Å². The molecule has 2 aromatic rings. The number of hydrogen-bond donors (Lipinski definition) is 1. The van der Waals surface area contributed by atoms with Crippen LogP contribution in [0.15, 0.2) is 42.5 Å². The largest absolute Gasteiger partial charge is 0.493 e. The highest BCUT2D eigenvalue weighted by Crippen LogP contribution is 2.31. The smallest absolute Gasteiger partial charge is 0.161 e. The number of ether oxygens (including phenoxy) is 2. The van der Waals surface area contributed by atoms with E-state index in [0.717, 1.165) is 18.0 Å². The highest BCUT2D eigenvalue weighted by molar-refractivity contribution is 5.43. The molecule has 0 amide bonds. The van der Waals surface area contributed by atoms with E-state index in [9.17, 15) is 0 Å². The van der Waals surface area contributed by atoms with E-state index in [2.05, 4.69) is 35.6 Å². The first-order valence-electron chi connectivity index (χ1n) is 7.84. The fourth-order valence-electron chi connectivity index (χ4n) is 3.20. The van der Waals surface area contributed by atoms with E-state index in [1.807, 2.05) is 12.1 Å². The second kappa shape index (κ2) is 6.84. The molecule has 3 heteroatoms. The number of fused-ring (bicyclic) bond motifs is 1. The lowest BCUT2D eigenvalue weighted by Gasteiger charge is -2.26. The van der Waals surface area contributed by atoms with Crippen molar-refractivity contribution in [2.45, 2.75) is 31.8 Å². The van der Waals surface area contributed by atoms with Crippen molar-refractivity contribution in [3.63, 3.8) is 0 Å². The van der Waals surface area contributed by atoms with Gasteiger partial charge in [0.1, 0.15) is 0 Å². The third-order valence-electron chi connectivity index (χ3n) is 4.37. The lowest BCUT2D eigenvalue weighted by Crippen LogP contribution is -2.24. The third-order valence-corrected chi connectivity index (χ3v) is 4.37. The Morgan fingerprint density at radius 3 is 2.68 bits per heavy atom. The molecule has 0 fully saturated rings. The predicted molar refractivity (Wildman–Crippen MR) is 88.5 cm³/mol. The molecule has 1 N–H and O–H groups in total. The standard InChI is InChI=1S/C19H23NO2/c1-21-18-11-10-14(12-19(18)22-2)13-20-17-9-5-7-15-6-3-4-8-16(15)17/h3-4,6,8,10-12,17,20H,5,7,9,13H2,1-2H3/t17-/m1/s1. The molecule has 2 aromatic carbocycles. The molecule has 1 atom stereocenters. The summed E-state index contributed by atoms with van der Waals surface area (Å²) in [4.78, 5) is 0. The molecule has 116 valence electrons. The maximum atomic E-state index is 5.37. The molecule has 0 unspecified atom stereocenters. The highest BCUT2D eigenvalue weighted by atomic mass is 16.5. The molecular formula is C19H23NO2. The molecule has 1 aliphatic carbocycles. The van der Waals surface area contributed by atoms with Crippen molar-refractivity contribution >= 4 is 0 Å². The molecular weight excluding hydrogens is 274 g/mol. The van der Waals surface area contributed by atoms with Gasteiger partial charge in [0.15, 0.2) is 11.5 Å². The van der Waals surface area contributed by atoms with E-state index in [1.165, 1.54) is 36.0 Å². The van der Waals surface area contributed by atoms with Crippen LogP contribution in [0.25, 0.3) is 0 Å². The molecule has 0 saturated heterocycles. The molecule has 0 radical (unpaired) electrons. The van der Waals surface area contributed by atoms with Gasteiger partial charge < -0.3 is 14.8 Å². The fourth-order valence-corrected chi connectivity index (χ4v) is 3.20. The SMILES string of the molecule is COc1ccc(CN[C@@H]2CCCc3ccccc32)cc1OC. The van der Waals surface area contributed by atoms with Crippen molar-refractivity contribution in [3.8, 4) is 11.5 Å². The van der Waals surface area contributed by atoms with Crippen molar-refractivity contribution in [1.82, 2.24) is 5.32 Å². The summed E-state index contributed by atoms with van der Waals surface area (Å²) in [6.07, 6.45) is 3.65. The summed E-state index contributed by atoms with van der Waals surface area (Å²) in [5.74, 6) is 1.56. The van der Waals surface area contributed by atoms with Crippen LogP contribution in [-0.2, 0) is 13.0 Å². The Balaban J connectivity index is 1.71. The first-order chi connectivity index (χ1) is 10.8. The average molecular weight is 297 g/mol. The Kier molecular flexibility index (Phi) is 4.64. The Morgan fingerprint density at radius 1 is 1.05 bits per heavy atom. The molecule has 1 aliphatic rings. The Bertz CT molecular complexity index is 639. The van der Waals surface area contributed by atoms with Gasteiger partial charge in [-0.3, -0.25) is 0 Å². The van der Waals surface area contributed by atoms with Crippen LogP contribution in [0.3, 0.4) is 0 Å². The van der Waals surface area contributed by atoms with Gasteiger partial charge in [0, 0.05) is 12.6 Å². The number of aryl methyl sites for hydroxylation is 1. The fraction of sp³-hybridized carbons (Fsp3) is 0.368. The van der Waals surface area contributed by atoms with E-state index in [1.54, 1.807) is 14.2 Å². The minimum absolute atomic E-state index is 0.443. The summed E-state index contributed by atoms with van der Waals surface area (Å²) in [5, 5.41) is 3.69. The van der Waals surface area contributed by atoms with E-state index in [4.69, 9.17) is 9.47 Å². The lowest BCUT2D eigenvalue weighted by atomic mass is 9.87. The Labute approximate surface area is 132 Å². The van der Waals surface area contributed by atoms with E-state index in [0.29, 0.717) is 6.04 Å². The second-order valence-electron chi connectivity index (χ2n) is 5.71. The van der Waals surface area contributed by atoms with Crippen molar-refractivity contribution in [1.29, 1.82) is 0 Å². The minimum atomic E-state index is 0.443. The van der Waals surface area contributed by atoms with Crippen LogP contribution >= 0.6 is 0 Å². The quantitative estimate of drug-likeness (QED) is 0.908. The second-order valence-corrected chi connectivity index (χ2v) is 5.71. The van der Waals surface area contributed by atoms with Crippen molar-refractivity contribution in [2.75, 3.05) is 14.2 Å². The highest BCUT2D eigenvalue weighted by Gasteiger charge is 2.19. The molecule has 0 aromatic heterocycles. The summed E-state index contributed by atoms with van der Waals surface area (Å²) >= 11 is 0. The van der Waals surface area contributed by atoms with Crippen LogP contribution in [-0.4, -0.2) is 14.2 Å². The van der Waals surface area contributed by atoms with Gasteiger partial charge in [-0.1, -0.05) is 30.3 Å². The van der Waals surface area contributed by atoms with Crippen LogP contribution in [0.5, 0.6) is 11.5 Å². The van der Waals surface area contributed by atoms with Crippen LogP contribution < -0.4 is 14.8 Å². The zero-order valence-electron chi connectivity index (χ0n) is 13.3. The molecule has 3 nitrogen and oxygen atoms in total. The molecule has 3 rings (SSSR count). The molecule has 0 aliphatic heterocycles. The monoisotopic (exact) mass is 297 g/mol. The van der Waals surface area contributed by atoms with Crippen LogP contribution in [0.2, 0.25) is 0 Å². The van der Waals surface area contributed by atoms with Crippen molar-refractivity contribution in [2.24, 2.45) is 0 Å². The summed E-state index contributed by atoms with van der Waals surface area (Å²) in [6, 6.07) is 15.3. The summed E-state index contributed by atoms with van der Waals surface area (Å²) in [7, 11) is 3.33. The van der Waals surface area contributed by atoms with Crippen LogP contribution in [0.4, 0.5) is 0 Å². The maximum Gasteiger partial charge on any atom is 0.161 e. The van der Waals surface area contributed by atoms with E-state index < -0.39 is 0 Å². The molecule has 22 heavy (non-hydrogen) atoms. The topological polar surface area (TPSA) is 30.5 Å². The zero-order valence-corrected chi connectivity index (χ0v) is 13.3. The third kappa shape index (κ3) is 3.09. The first kappa shape index (κ1) is 14.9. The Hall–Kier alpha value is -2.00. The normalized spacial score (nSPS) is 16.9. The van der Waals surface area contributed by atoms with Crippen molar-refractivity contribution < 1.29 is 9.47 Å². The number of methoxy groups -OCH3 is 2. The number of rotatable bonds is 5. The van der Waals surface area contributed by atoms with E-state index in [-0.39, 0.29) is 0 Å². The average Bonchev–Trinajstić information content (AvgIpc) is 2.59. The van der Waals surface area contributed by atoms with Crippen LogP contribution in [0.1, 0.15) is 35.6 Å². The maximum absolute atomic E-state index is 5.37. The minimum Gasteiger partial charge on any atom is -0.493 e. The first-order valence-corrected chi connectivity index (χ1v) is 7.84. The van der Waals surface area contributed by atoms with Gasteiger partial charge in [-0.15, -0.1) is 0 Å². The lowest BCUT2D eigenvalue weighted by molar-refractivity contribution is 0.354. The molecule has 0 spiro atoms.